The van der Waals surface area contributed by atoms with Crippen molar-refractivity contribution in [3.05, 3.63) is 83.9 Å². The van der Waals surface area contributed by atoms with Gasteiger partial charge in [-0.1, -0.05) is 93.1 Å². The lowest BCUT2D eigenvalue weighted by atomic mass is 9.83. The van der Waals surface area contributed by atoms with Crippen molar-refractivity contribution in [1.82, 2.24) is 16.0 Å². The fourth-order valence-electron chi connectivity index (χ4n) is 5.82. The van der Waals surface area contributed by atoms with E-state index in [0.717, 1.165) is 34.7 Å². The molecule has 0 spiro atoms. The van der Waals surface area contributed by atoms with Crippen molar-refractivity contribution in [2.45, 2.75) is 77.3 Å². The van der Waals surface area contributed by atoms with Crippen LogP contribution in [0.15, 0.2) is 72.8 Å². The first-order valence-corrected chi connectivity index (χ1v) is 15.5. The molecule has 232 valence electrons. The Morgan fingerprint density at radius 3 is 2.39 bits per heavy atom. The maximum absolute atomic E-state index is 13.2. The van der Waals surface area contributed by atoms with E-state index in [9.17, 15) is 19.2 Å². The molecule has 3 N–H and O–H groups in total. The molecule has 2 aliphatic rings. The predicted molar refractivity (Wildman–Crippen MR) is 166 cm³/mol. The predicted octanol–water partition coefficient (Wildman–Crippen LogP) is 4.66. The van der Waals surface area contributed by atoms with E-state index in [-0.39, 0.29) is 48.3 Å². The molecule has 0 radical (unpaired) electrons. The van der Waals surface area contributed by atoms with E-state index in [2.05, 4.69) is 46.3 Å². The molecule has 1 saturated carbocycles. The van der Waals surface area contributed by atoms with E-state index in [4.69, 9.17) is 9.47 Å². The summed E-state index contributed by atoms with van der Waals surface area (Å²) in [6.45, 7) is 5.69. The molecular weight excluding hydrogens is 558 g/mol. The van der Waals surface area contributed by atoms with Crippen molar-refractivity contribution in [3.8, 4) is 0 Å². The first kappa shape index (κ1) is 31.0. The van der Waals surface area contributed by atoms with E-state index in [1.807, 2.05) is 56.3 Å². The molecule has 1 heterocycles. The first-order chi connectivity index (χ1) is 21.2. The standard InChI is InChI=1S/C35H41N3O6/c1-4-21(2)30-31(44-34(30)41)33(40)38-29-19-27(29)18-28(17-24-14-15-25-12-8-9-13-26(25)16-24)37-32(39)22(3)36-35(42)43-20-23-10-6-5-7-11-23/h5-16,21-22,27-31H,4,17-20H2,1-3H3,(H,36,42)(H,37,39)(H,38,40)/t21-,22-,27+,28+,29-,30-,31+/m0/s1. The summed E-state index contributed by atoms with van der Waals surface area (Å²) < 4.78 is 10.5. The minimum Gasteiger partial charge on any atom is -0.451 e. The Morgan fingerprint density at radius 1 is 0.932 bits per heavy atom. The summed E-state index contributed by atoms with van der Waals surface area (Å²) in [7, 11) is 0. The number of ether oxygens (including phenoxy) is 2. The number of nitrogens with one attached hydrogen (secondary N) is 3. The van der Waals surface area contributed by atoms with E-state index in [0.29, 0.717) is 12.8 Å². The van der Waals surface area contributed by atoms with Crippen LogP contribution in [0, 0.1) is 17.8 Å². The summed E-state index contributed by atoms with van der Waals surface area (Å²) in [4.78, 5) is 50.5. The zero-order valence-corrected chi connectivity index (χ0v) is 25.5. The van der Waals surface area contributed by atoms with Crippen molar-refractivity contribution in [1.29, 1.82) is 0 Å². The molecule has 44 heavy (non-hydrogen) atoms. The number of amides is 3. The number of hydrogen-bond donors (Lipinski definition) is 3. The number of esters is 1. The SMILES string of the molecule is CC[C@H](C)[C@@H]1C(=O)O[C@H]1C(=O)N[C@H]1C[C@H]1C[C@@H](Cc1ccc2ccccc2c1)NC(=O)[C@H](C)NC(=O)OCc1ccccc1. The van der Waals surface area contributed by atoms with Crippen LogP contribution >= 0.6 is 0 Å². The highest BCUT2D eigenvalue weighted by Crippen LogP contribution is 2.37. The van der Waals surface area contributed by atoms with Crippen LogP contribution in [-0.2, 0) is 36.9 Å². The molecule has 3 aromatic carbocycles. The third-order valence-corrected chi connectivity index (χ3v) is 8.78. The highest BCUT2D eigenvalue weighted by atomic mass is 16.6. The number of hydrogen-bond acceptors (Lipinski definition) is 6. The van der Waals surface area contributed by atoms with Crippen LogP contribution < -0.4 is 16.0 Å². The number of rotatable bonds is 13. The zero-order chi connectivity index (χ0) is 31.2. The number of carbonyl (C=O) groups excluding carboxylic acids is 4. The summed E-state index contributed by atoms with van der Waals surface area (Å²) in [6, 6.07) is 22.6. The average molecular weight is 600 g/mol. The van der Waals surface area contributed by atoms with Crippen molar-refractivity contribution in [3.63, 3.8) is 0 Å². The molecule has 3 aromatic rings. The van der Waals surface area contributed by atoms with Gasteiger partial charge >= 0.3 is 12.1 Å². The van der Waals surface area contributed by atoms with Gasteiger partial charge in [0.15, 0.2) is 6.10 Å². The molecule has 9 nitrogen and oxygen atoms in total. The number of carbonyl (C=O) groups is 4. The summed E-state index contributed by atoms with van der Waals surface area (Å²) in [5.74, 6) is -1.02. The smallest absolute Gasteiger partial charge is 0.408 e. The van der Waals surface area contributed by atoms with Crippen LogP contribution in [0.2, 0.25) is 0 Å². The molecule has 0 bridgehead atoms. The van der Waals surface area contributed by atoms with Gasteiger partial charge in [-0.05, 0) is 59.9 Å². The molecule has 1 aliphatic heterocycles. The summed E-state index contributed by atoms with van der Waals surface area (Å²) in [5, 5.41) is 11.1. The van der Waals surface area contributed by atoms with E-state index in [1.165, 1.54) is 0 Å². The van der Waals surface area contributed by atoms with Crippen molar-refractivity contribution in [2.24, 2.45) is 17.8 Å². The molecule has 9 heteroatoms. The van der Waals surface area contributed by atoms with E-state index in [1.54, 1.807) is 6.92 Å². The highest BCUT2D eigenvalue weighted by Gasteiger charge is 2.51. The Morgan fingerprint density at radius 2 is 1.66 bits per heavy atom. The largest absolute Gasteiger partial charge is 0.451 e. The van der Waals surface area contributed by atoms with Crippen LogP contribution in [0.4, 0.5) is 4.79 Å². The van der Waals surface area contributed by atoms with Crippen LogP contribution in [0.25, 0.3) is 10.8 Å². The van der Waals surface area contributed by atoms with Gasteiger partial charge in [0.25, 0.3) is 5.91 Å². The number of benzene rings is 3. The lowest BCUT2D eigenvalue weighted by Gasteiger charge is -2.37. The Hall–Kier alpha value is -4.40. The minimum atomic E-state index is -0.808. The van der Waals surface area contributed by atoms with Gasteiger partial charge in [0.2, 0.25) is 5.91 Å². The lowest BCUT2D eigenvalue weighted by molar-refractivity contribution is -0.193. The third kappa shape index (κ3) is 7.75. The van der Waals surface area contributed by atoms with Gasteiger partial charge in [-0.25, -0.2) is 4.79 Å². The van der Waals surface area contributed by atoms with E-state index < -0.39 is 24.2 Å². The zero-order valence-electron chi connectivity index (χ0n) is 25.5. The van der Waals surface area contributed by atoms with E-state index >= 15 is 0 Å². The Balaban J connectivity index is 1.18. The molecular formula is C35H41N3O6. The molecule has 1 saturated heterocycles. The second-order valence-corrected chi connectivity index (χ2v) is 12.1. The van der Waals surface area contributed by atoms with Crippen molar-refractivity contribution < 1.29 is 28.7 Å². The van der Waals surface area contributed by atoms with Crippen LogP contribution in [0.1, 0.15) is 51.2 Å². The van der Waals surface area contributed by atoms with Gasteiger partial charge in [-0.15, -0.1) is 0 Å². The number of cyclic esters (lactones) is 1. The molecule has 0 aromatic heterocycles. The van der Waals surface area contributed by atoms with Crippen LogP contribution in [0.5, 0.6) is 0 Å². The molecule has 0 unspecified atom stereocenters. The summed E-state index contributed by atoms with van der Waals surface area (Å²) in [5.41, 5.74) is 1.93. The summed E-state index contributed by atoms with van der Waals surface area (Å²) in [6.07, 6.45) is 1.41. The summed E-state index contributed by atoms with van der Waals surface area (Å²) >= 11 is 0. The van der Waals surface area contributed by atoms with Gasteiger partial charge in [-0.2, -0.15) is 0 Å². The second-order valence-electron chi connectivity index (χ2n) is 12.1. The van der Waals surface area contributed by atoms with Crippen LogP contribution in [-0.4, -0.2) is 48.1 Å². The normalized spacial score (nSPS) is 22.5. The number of fused-ring (bicyclic) bond motifs is 1. The maximum atomic E-state index is 13.2. The maximum Gasteiger partial charge on any atom is 0.408 e. The van der Waals surface area contributed by atoms with Gasteiger partial charge in [-0.3, -0.25) is 14.4 Å². The quantitative estimate of drug-likeness (QED) is 0.246. The average Bonchev–Trinajstić information content (AvgIpc) is 3.75. The highest BCUT2D eigenvalue weighted by molar-refractivity contribution is 5.94. The number of alkyl carbamates (subject to hydrolysis) is 1. The Labute approximate surface area is 258 Å². The molecule has 2 fully saturated rings. The first-order valence-electron chi connectivity index (χ1n) is 15.5. The van der Waals surface area contributed by atoms with Crippen LogP contribution in [0.3, 0.4) is 0 Å². The second kappa shape index (κ2) is 13.9. The fourth-order valence-corrected chi connectivity index (χ4v) is 5.82. The molecule has 5 rings (SSSR count). The molecule has 7 atom stereocenters. The van der Waals surface area contributed by atoms with Gasteiger partial charge < -0.3 is 25.4 Å². The third-order valence-electron chi connectivity index (χ3n) is 8.78. The van der Waals surface area contributed by atoms with Crippen molar-refractivity contribution >= 4 is 34.6 Å². The molecule has 3 amide bonds. The van der Waals surface area contributed by atoms with Crippen molar-refractivity contribution in [2.75, 3.05) is 0 Å². The van der Waals surface area contributed by atoms with Gasteiger partial charge in [0, 0.05) is 12.1 Å². The Bertz CT molecular complexity index is 1490. The monoisotopic (exact) mass is 599 g/mol. The lowest BCUT2D eigenvalue weighted by Crippen LogP contribution is -2.56. The topological polar surface area (TPSA) is 123 Å². The van der Waals surface area contributed by atoms with Gasteiger partial charge in [0.05, 0.1) is 0 Å². The fraction of sp³-hybridized carbons (Fsp3) is 0.429. The molecule has 1 aliphatic carbocycles. The van der Waals surface area contributed by atoms with Gasteiger partial charge in [0.1, 0.15) is 18.6 Å². The minimum absolute atomic E-state index is 0.0427. The Kier molecular flexibility index (Phi) is 9.82.